The molecule has 15 heavy (non-hydrogen) atoms. The van der Waals surface area contributed by atoms with Gasteiger partial charge in [-0.3, -0.25) is 4.79 Å². The van der Waals surface area contributed by atoms with Gasteiger partial charge in [-0.1, -0.05) is 19.8 Å². The molecule has 3 nitrogen and oxygen atoms in total. The number of nitrogens with two attached hydrogens (primary N) is 1. The summed E-state index contributed by atoms with van der Waals surface area (Å²) in [6.07, 6.45) is 5.23. The number of carbonyl (C=O) groups is 1. The fourth-order valence-electron chi connectivity index (χ4n) is 2.39. The summed E-state index contributed by atoms with van der Waals surface area (Å²) in [5.41, 5.74) is 5.73. The Bertz CT molecular complexity index is 230. The van der Waals surface area contributed by atoms with Crippen molar-refractivity contribution in [2.45, 2.75) is 52.0 Å². The topological polar surface area (TPSA) is 46.3 Å². The van der Waals surface area contributed by atoms with Gasteiger partial charge in [-0.05, 0) is 26.2 Å². The predicted molar refractivity (Wildman–Crippen MR) is 62.5 cm³/mol. The van der Waals surface area contributed by atoms with Gasteiger partial charge < -0.3 is 10.6 Å². The van der Waals surface area contributed by atoms with Crippen molar-refractivity contribution in [2.75, 3.05) is 13.6 Å². The maximum absolute atomic E-state index is 12.2. The number of amides is 1. The van der Waals surface area contributed by atoms with Crippen LogP contribution in [0, 0.1) is 5.41 Å². The molecular weight excluding hydrogens is 188 g/mol. The highest BCUT2D eigenvalue weighted by Gasteiger charge is 2.44. The fraction of sp³-hybridized carbons (Fsp3) is 0.917. The van der Waals surface area contributed by atoms with Crippen molar-refractivity contribution < 1.29 is 4.79 Å². The van der Waals surface area contributed by atoms with Crippen molar-refractivity contribution in [2.24, 2.45) is 11.1 Å². The van der Waals surface area contributed by atoms with Crippen LogP contribution in [-0.4, -0.2) is 30.4 Å². The highest BCUT2D eigenvalue weighted by Crippen LogP contribution is 2.38. The Hall–Kier alpha value is -0.570. The van der Waals surface area contributed by atoms with Gasteiger partial charge in [-0.25, -0.2) is 0 Å². The normalized spacial score (nSPS) is 30.5. The molecular formula is C12H24N2O. The molecule has 1 fully saturated rings. The van der Waals surface area contributed by atoms with Crippen LogP contribution >= 0.6 is 0 Å². The van der Waals surface area contributed by atoms with Crippen molar-refractivity contribution in [3.63, 3.8) is 0 Å². The number of carbonyl (C=O) groups excluding carboxylic acids is 1. The Morgan fingerprint density at radius 3 is 2.73 bits per heavy atom. The molecule has 88 valence electrons. The van der Waals surface area contributed by atoms with Crippen LogP contribution in [0.1, 0.15) is 46.0 Å². The average Bonchev–Trinajstić information content (AvgIpc) is 2.56. The molecule has 0 radical (unpaired) electrons. The van der Waals surface area contributed by atoms with Crippen LogP contribution in [0.25, 0.3) is 0 Å². The Labute approximate surface area is 93.0 Å². The van der Waals surface area contributed by atoms with E-state index in [-0.39, 0.29) is 17.4 Å². The first kappa shape index (κ1) is 12.5. The number of rotatable bonds is 4. The van der Waals surface area contributed by atoms with Gasteiger partial charge in [0, 0.05) is 19.6 Å². The second kappa shape index (κ2) is 4.97. The van der Waals surface area contributed by atoms with Crippen molar-refractivity contribution in [3.05, 3.63) is 0 Å². The van der Waals surface area contributed by atoms with Crippen LogP contribution in [0.5, 0.6) is 0 Å². The summed E-state index contributed by atoms with van der Waals surface area (Å²) in [6.45, 7) is 5.02. The first-order valence-electron chi connectivity index (χ1n) is 6.03. The van der Waals surface area contributed by atoms with Crippen LogP contribution in [-0.2, 0) is 4.79 Å². The molecule has 0 saturated heterocycles. The molecule has 1 rings (SSSR count). The Kier molecular flexibility index (Phi) is 4.14. The minimum Gasteiger partial charge on any atom is -0.345 e. The van der Waals surface area contributed by atoms with Crippen LogP contribution in [0.4, 0.5) is 0 Å². The lowest BCUT2D eigenvalue weighted by Crippen LogP contribution is -2.48. The minimum atomic E-state index is -0.303. The summed E-state index contributed by atoms with van der Waals surface area (Å²) < 4.78 is 0. The molecule has 0 aromatic heterocycles. The number of unbranched alkanes of at least 4 members (excludes halogenated alkanes) is 1. The largest absolute Gasteiger partial charge is 0.345 e. The van der Waals surface area contributed by atoms with Gasteiger partial charge in [0.15, 0.2) is 0 Å². The molecule has 1 amide bonds. The molecule has 3 heteroatoms. The van der Waals surface area contributed by atoms with Crippen LogP contribution < -0.4 is 5.73 Å². The number of hydrogen-bond donors (Lipinski definition) is 1. The van der Waals surface area contributed by atoms with E-state index in [9.17, 15) is 4.79 Å². The van der Waals surface area contributed by atoms with Gasteiger partial charge in [-0.2, -0.15) is 0 Å². The van der Waals surface area contributed by atoms with E-state index in [2.05, 4.69) is 6.92 Å². The van der Waals surface area contributed by atoms with Crippen LogP contribution in [0.2, 0.25) is 0 Å². The highest BCUT2D eigenvalue weighted by atomic mass is 16.2. The van der Waals surface area contributed by atoms with E-state index >= 15 is 0 Å². The summed E-state index contributed by atoms with van der Waals surface area (Å²) in [7, 11) is 1.90. The monoisotopic (exact) mass is 212 g/mol. The van der Waals surface area contributed by atoms with Gasteiger partial charge >= 0.3 is 0 Å². The summed E-state index contributed by atoms with van der Waals surface area (Å²) in [5.74, 6) is 0.237. The zero-order chi connectivity index (χ0) is 11.5. The SMILES string of the molecule is CCCCN(C)C(=O)C1(C)CCCC1N. The molecule has 2 N–H and O–H groups in total. The van der Waals surface area contributed by atoms with Crippen molar-refractivity contribution in [1.29, 1.82) is 0 Å². The Balaban J connectivity index is 2.58. The van der Waals surface area contributed by atoms with E-state index in [0.29, 0.717) is 0 Å². The molecule has 2 unspecified atom stereocenters. The maximum Gasteiger partial charge on any atom is 0.229 e. The van der Waals surface area contributed by atoms with Gasteiger partial charge in [-0.15, -0.1) is 0 Å². The summed E-state index contributed by atoms with van der Waals surface area (Å²) >= 11 is 0. The first-order valence-corrected chi connectivity index (χ1v) is 6.03. The molecule has 1 aliphatic rings. The fourth-order valence-corrected chi connectivity index (χ4v) is 2.39. The Morgan fingerprint density at radius 1 is 1.60 bits per heavy atom. The quantitative estimate of drug-likeness (QED) is 0.772. The predicted octanol–water partition coefficient (Wildman–Crippen LogP) is 1.76. The lowest BCUT2D eigenvalue weighted by Gasteiger charge is -2.32. The molecule has 1 saturated carbocycles. The van der Waals surface area contributed by atoms with E-state index < -0.39 is 0 Å². The zero-order valence-electron chi connectivity index (χ0n) is 10.3. The van der Waals surface area contributed by atoms with Crippen molar-refractivity contribution >= 4 is 5.91 Å². The summed E-state index contributed by atoms with van der Waals surface area (Å²) in [5, 5.41) is 0. The molecule has 0 heterocycles. The molecule has 2 atom stereocenters. The smallest absolute Gasteiger partial charge is 0.229 e. The zero-order valence-corrected chi connectivity index (χ0v) is 10.3. The third-order valence-electron chi connectivity index (χ3n) is 3.71. The van der Waals surface area contributed by atoms with Crippen molar-refractivity contribution in [1.82, 2.24) is 4.90 Å². The summed E-state index contributed by atoms with van der Waals surface area (Å²) in [4.78, 5) is 14.1. The van der Waals surface area contributed by atoms with E-state index in [1.165, 1.54) is 0 Å². The second-order valence-electron chi connectivity index (χ2n) is 5.00. The lowest BCUT2D eigenvalue weighted by atomic mass is 9.83. The van der Waals surface area contributed by atoms with Crippen LogP contribution in [0.15, 0.2) is 0 Å². The van der Waals surface area contributed by atoms with Gasteiger partial charge in [0.05, 0.1) is 5.41 Å². The molecule has 0 bridgehead atoms. The second-order valence-corrected chi connectivity index (χ2v) is 5.00. The average molecular weight is 212 g/mol. The minimum absolute atomic E-state index is 0.0501. The number of hydrogen-bond acceptors (Lipinski definition) is 2. The van der Waals surface area contributed by atoms with Crippen molar-refractivity contribution in [3.8, 4) is 0 Å². The van der Waals surface area contributed by atoms with Crippen LogP contribution in [0.3, 0.4) is 0 Å². The van der Waals surface area contributed by atoms with Gasteiger partial charge in [0.1, 0.15) is 0 Å². The first-order chi connectivity index (χ1) is 7.02. The van der Waals surface area contributed by atoms with E-state index in [1.807, 2.05) is 18.9 Å². The van der Waals surface area contributed by atoms with Gasteiger partial charge in [0.25, 0.3) is 0 Å². The third kappa shape index (κ3) is 2.51. The maximum atomic E-state index is 12.2. The van der Waals surface area contributed by atoms with E-state index in [1.54, 1.807) is 0 Å². The summed E-state index contributed by atoms with van der Waals surface area (Å²) in [6, 6.07) is 0.0501. The highest BCUT2D eigenvalue weighted by molar-refractivity contribution is 5.83. The number of nitrogens with zero attached hydrogens (tertiary/aromatic N) is 1. The van der Waals surface area contributed by atoms with Gasteiger partial charge in [0.2, 0.25) is 5.91 Å². The van der Waals surface area contributed by atoms with E-state index in [4.69, 9.17) is 5.73 Å². The molecule has 1 aliphatic carbocycles. The molecule has 0 spiro atoms. The molecule has 0 aromatic carbocycles. The van der Waals surface area contributed by atoms with E-state index in [0.717, 1.165) is 38.6 Å². The molecule has 0 aromatic rings. The Morgan fingerprint density at radius 2 is 2.27 bits per heavy atom. The molecule has 0 aliphatic heterocycles. The standard InChI is InChI=1S/C12H24N2O/c1-4-5-9-14(3)11(15)12(2)8-6-7-10(12)13/h10H,4-9,13H2,1-3H3. The lowest BCUT2D eigenvalue weighted by molar-refractivity contribution is -0.140. The third-order valence-corrected chi connectivity index (χ3v) is 3.71.